The SMILES string of the molecule is CCc1ccsc1C(O)c1c(Br)nnn1C. The van der Waals surface area contributed by atoms with Crippen LogP contribution in [0.4, 0.5) is 0 Å². The summed E-state index contributed by atoms with van der Waals surface area (Å²) in [6.07, 6.45) is 0.253. The number of thiophene rings is 1. The van der Waals surface area contributed by atoms with E-state index >= 15 is 0 Å². The molecule has 0 saturated carbocycles. The summed E-state index contributed by atoms with van der Waals surface area (Å²) in [7, 11) is 1.77. The predicted octanol–water partition coefficient (Wildman–Crippen LogP) is 2.28. The number of aliphatic hydroxyl groups is 1. The number of hydrogen-bond acceptors (Lipinski definition) is 4. The Balaban J connectivity index is 2.43. The minimum Gasteiger partial charge on any atom is -0.381 e. The van der Waals surface area contributed by atoms with Crippen molar-refractivity contribution in [1.82, 2.24) is 15.0 Å². The quantitative estimate of drug-likeness (QED) is 0.946. The number of rotatable bonds is 3. The Morgan fingerprint density at radius 3 is 2.94 bits per heavy atom. The maximum atomic E-state index is 10.3. The Hall–Kier alpha value is -0.720. The normalized spacial score (nSPS) is 13.0. The average molecular weight is 302 g/mol. The van der Waals surface area contributed by atoms with Crippen LogP contribution in [0, 0.1) is 0 Å². The average Bonchev–Trinajstić information content (AvgIpc) is 2.85. The fraction of sp³-hybridized carbons (Fsp3) is 0.400. The lowest BCUT2D eigenvalue weighted by atomic mass is 10.1. The topological polar surface area (TPSA) is 50.9 Å². The molecule has 0 saturated heterocycles. The predicted molar refractivity (Wildman–Crippen MR) is 66.5 cm³/mol. The van der Waals surface area contributed by atoms with Crippen molar-refractivity contribution in [3.05, 3.63) is 32.2 Å². The van der Waals surface area contributed by atoms with E-state index in [2.05, 4.69) is 33.2 Å². The molecule has 0 aliphatic rings. The van der Waals surface area contributed by atoms with Gasteiger partial charge in [-0.25, -0.2) is 4.68 Å². The van der Waals surface area contributed by atoms with Crippen LogP contribution in [0.25, 0.3) is 0 Å². The second-order valence-electron chi connectivity index (χ2n) is 3.46. The largest absolute Gasteiger partial charge is 0.381 e. The molecule has 2 rings (SSSR count). The molecule has 16 heavy (non-hydrogen) atoms. The van der Waals surface area contributed by atoms with E-state index in [9.17, 15) is 5.11 Å². The minimum absolute atomic E-state index is 0.595. The van der Waals surface area contributed by atoms with Gasteiger partial charge in [-0.1, -0.05) is 12.1 Å². The molecule has 1 N–H and O–H groups in total. The van der Waals surface area contributed by atoms with Crippen LogP contribution in [0.5, 0.6) is 0 Å². The molecule has 6 heteroatoms. The molecular formula is C10H12BrN3OS. The monoisotopic (exact) mass is 301 g/mol. The molecule has 0 aliphatic carbocycles. The van der Waals surface area contributed by atoms with Gasteiger partial charge in [0.05, 0.1) is 0 Å². The lowest BCUT2D eigenvalue weighted by Crippen LogP contribution is -2.07. The molecule has 4 nitrogen and oxygen atoms in total. The van der Waals surface area contributed by atoms with Gasteiger partial charge >= 0.3 is 0 Å². The standard InChI is InChI=1S/C10H12BrN3OS/c1-3-6-4-5-16-9(6)8(15)7-10(11)12-13-14(7)2/h4-5,8,15H,3H2,1-2H3. The summed E-state index contributed by atoms with van der Waals surface area (Å²) < 4.78 is 2.19. The molecule has 86 valence electrons. The summed E-state index contributed by atoms with van der Waals surface area (Å²) in [6, 6.07) is 2.04. The zero-order valence-corrected chi connectivity index (χ0v) is 11.4. The highest BCUT2D eigenvalue weighted by Crippen LogP contribution is 2.32. The molecule has 2 heterocycles. The highest BCUT2D eigenvalue weighted by molar-refractivity contribution is 9.10. The van der Waals surface area contributed by atoms with Gasteiger partial charge in [-0.15, -0.1) is 16.4 Å². The number of nitrogens with zero attached hydrogens (tertiary/aromatic N) is 3. The summed E-state index contributed by atoms with van der Waals surface area (Å²) in [6.45, 7) is 2.08. The Morgan fingerprint density at radius 1 is 1.62 bits per heavy atom. The van der Waals surface area contributed by atoms with Crippen LogP contribution >= 0.6 is 27.3 Å². The third kappa shape index (κ3) is 1.92. The number of aromatic nitrogens is 3. The van der Waals surface area contributed by atoms with Crippen LogP contribution in [0.3, 0.4) is 0 Å². The third-order valence-electron chi connectivity index (χ3n) is 2.50. The van der Waals surface area contributed by atoms with Crippen LogP contribution in [0.2, 0.25) is 0 Å². The molecule has 1 atom stereocenters. The van der Waals surface area contributed by atoms with E-state index in [0.717, 1.165) is 11.3 Å². The molecule has 0 bridgehead atoms. The first-order valence-corrected chi connectivity index (χ1v) is 6.61. The number of hydrogen-bond donors (Lipinski definition) is 1. The lowest BCUT2D eigenvalue weighted by Gasteiger charge is -2.11. The Labute approximate surface area is 106 Å². The van der Waals surface area contributed by atoms with Gasteiger partial charge in [0.15, 0.2) is 4.60 Å². The van der Waals surface area contributed by atoms with Crippen molar-refractivity contribution in [1.29, 1.82) is 0 Å². The van der Waals surface area contributed by atoms with E-state index < -0.39 is 6.10 Å². The fourth-order valence-corrected chi connectivity index (χ4v) is 3.16. The van der Waals surface area contributed by atoms with E-state index in [0.29, 0.717) is 10.3 Å². The maximum absolute atomic E-state index is 10.3. The van der Waals surface area contributed by atoms with Crippen LogP contribution in [0.1, 0.15) is 29.2 Å². The van der Waals surface area contributed by atoms with Crippen molar-refractivity contribution in [3.63, 3.8) is 0 Å². The van der Waals surface area contributed by atoms with Gasteiger partial charge in [-0.3, -0.25) is 0 Å². The van der Waals surface area contributed by atoms with Gasteiger partial charge in [0.1, 0.15) is 11.8 Å². The number of halogens is 1. The zero-order valence-electron chi connectivity index (χ0n) is 9.01. The molecule has 0 aliphatic heterocycles. The molecular weight excluding hydrogens is 290 g/mol. The van der Waals surface area contributed by atoms with Crippen molar-refractivity contribution in [2.75, 3.05) is 0 Å². The summed E-state index contributed by atoms with van der Waals surface area (Å²) >= 11 is 4.86. The van der Waals surface area contributed by atoms with Gasteiger partial charge in [-0.05, 0) is 39.4 Å². The highest BCUT2D eigenvalue weighted by Gasteiger charge is 2.22. The fourth-order valence-electron chi connectivity index (χ4n) is 1.63. The van der Waals surface area contributed by atoms with Gasteiger partial charge in [0, 0.05) is 11.9 Å². The summed E-state index contributed by atoms with van der Waals surface area (Å²) in [5.41, 5.74) is 1.86. The van der Waals surface area contributed by atoms with Gasteiger partial charge in [0.2, 0.25) is 0 Å². The summed E-state index contributed by atoms with van der Waals surface area (Å²) in [5, 5.41) is 20.1. The smallest absolute Gasteiger partial charge is 0.154 e. The Kier molecular flexibility index (Phi) is 3.41. The first kappa shape index (κ1) is 11.8. The summed E-state index contributed by atoms with van der Waals surface area (Å²) in [4.78, 5) is 0.966. The first-order chi connectivity index (χ1) is 7.65. The van der Waals surface area contributed by atoms with E-state index in [1.165, 1.54) is 5.56 Å². The van der Waals surface area contributed by atoms with Crippen molar-refractivity contribution in [3.8, 4) is 0 Å². The van der Waals surface area contributed by atoms with Crippen molar-refractivity contribution >= 4 is 27.3 Å². The Morgan fingerprint density at radius 2 is 2.38 bits per heavy atom. The van der Waals surface area contributed by atoms with Crippen LogP contribution < -0.4 is 0 Å². The van der Waals surface area contributed by atoms with Gasteiger partial charge in [-0.2, -0.15) is 0 Å². The zero-order chi connectivity index (χ0) is 11.7. The molecule has 0 spiro atoms. The first-order valence-electron chi connectivity index (χ1n) is 4.94. The molecule has 0 aromatic carbocycles. The lowest BCUT2D eigenvalue weighted by molar-refractivity contribution is 0.212. The van der Waals surface area contributed by atoms with E-state index in [1.54, 1.807) is 23.1 Å². The third-order valence-corrected chi connectivity index (χ3v) is 4.07. The highest BCUT2D eigenvalue weighted by atomic mass is 79.9. The molecule has 1 unspecified atom stereocenters. The second kappa shape index (κ2) is 4.65. The van der Waals surface area contributed by atoms with Crippen molar-refractivity contribution in [2.24, 2.45) is 7.05 Å². The van der Waals surface area contributed by atoms with Crippen molar-refractivity contribution < 1.29 is 5.11 Å². The van der Waals surface area contributed by atoms with Gasteiger partial charge in [0.25, 0.3) is 0 Å². The summed E-state index contributed by atoms with van der Waals surface area (Å²) in [5.74, 6) is 0. The van der Waals surface area contributed by atoms with E-state index in [1.807, 2.05) is 11.4 Å². The molecule has 0 fully saturated rings. The second-order valence-corrected chi connectivity index (χ2v) is 5.15. The Bertz CT molecular complexity index is 474. The van der Waals surface area contributed by atoms with Crippen molar-refractivity contribution in [2.45, 2.75) is 19.4 Å². The number of aliphatic hydroxyl groups excluding tert-OH is 1. The maximum Gasteiger partial charge on any atom is 0.154 e. The van der Waals surface area contributed by atoms with Crippen LogP contribution in [-0.2, 0) is 13.5 Å². The minimum atomic E-state index is -0.663. The molecule has 2 aromatic rings. The van der Waals surface area contributed by atoms with E-state index in [-0.39, 0.29) is 0 Å². The molecule has 0 radical (unpaired) electrons. The number of aryl methyl sites for hydroxylation is 2. The molecule has 0 amide bonds. The molecule has 2 aromatic heterocycles. The van der Waals surface area contributed by atoms with E-state index in [4.69, 9.17) is 0 Å². The van der Waals surface area contributed by atoms with Crippen LogP contribution in [-0.4, -0.2) is 20.1 Å². The van der Waals surface area contributed by atoms with Gasteiger partial charge < -0.3 is 5.11 Å². The van der Waals surface area contributed by atoms with Crippen LogP contribution in [0.15, 0.2) is 16.0 Å².